The Kier molecular flexibility index (Phi) is 57.4. The van der Waals surface area contributed by atoms with Gasteiger partial charge in [0, 0.05) is 12.8 Å². The second-order valence-corrected chi connectivity index (χ2v) is 22.7. The lowest BCUT2D eigenvalue weighted by Gasteiger charge is -2.25. The lowest BCUT2D eigenvalue weighted by Crippen LogP contribution is -2.40. The highest BCUT2D eigenvalue weighted by Crippen LogP contribution is 2.16. The van der Waals surface area contributed by atoms with Crippen molar-refractivity contribution < 1.29 is 42.9 Å². The van der Waals surface area contributed by atoms with Crippen molar-refractivity contribution in [2.75, 3.05) is 47.5 Å². The fourth-order valence-corrected chi connectivity index (χ4v) is 8.87. The Morgan fingerprint density at radius 2 is 0.722 bits per heavy atom. The van der Waals surface area contributed by atoms with Crippen LogP contribution in [0.3, 0.4) is 0 Å². The van der Waals surface area contributed by atoms with Gasteiger partial charge in [0.15, 0.2) is 6.10 Å². The molecule has 0 amide bonds. The van der Waals surface area contributed by atoms with Crippen molar-refractivity contribution in [2.24, 2.45) is 0 Å². The van der Waals surface area contributed by atoms with E-state index < -0.39 is 24.3 Å². The van der Waals surface area contributed by atoms with E-state index in [1.807, 2.05) is 21.1 Å². The molecule has 2 unspecified atom stereocenters. The predicted molar refractivity (Wildman–Crippen MR) is 336 cm³/mol. The van der Waals surface area contributed by atoms with E-state index in [1.165, 1.54) is 154 Å². The van der Waals surface area contributed by atoms with Crippen molar-refractivity contribution in [2.45, 2.75) is 283 Å². The number of quaternary nitrogens is 1. The van der Waals surface area contributed by atoms with Crippen molar-refractivity contribution in [3.05, 3.63) is 97.2 Å². The summed E-state index contributed by atoms with van der Waals surface area (Å²) in [5.74, 6) is -2.01. The third-order valence-corrected chi connectivity index (χ3v) is 13.8. The lowest BCUT2D eigenvalue weighted by molar-refractivity contribution is -0.870. The van der Waals surface area contributed by atoms with Crippen LogP contribution in [0.4, 0.5) is 0 Å². The fraction of sp³-hybridized carbons (Fsp3) is 0.729. The van der Waals surface area contributed by atoms with Crippen LogP contribution in [0.2, 0.25) is 0 Å². The van der Waals surface area contributed by atoms with Crippen LogP contribution in [0.1, 0.15) is 271 Å². The summed E-state index contributed by atoms with van der Waals surface area (Å²) in [5, 5.41) is 9.73. The Labute approximate surface area is 486 Å². The van der Waals surface area contributed by atoms with E-state index in [2.05, 4.69) is 111 Å². The van der Waals surface area contributed by atoms with Crippen molar-refractivity contribution in [1.82, 2.24) is 0 Å². The number of likely N-dealkylation sites (N-methyl/N-ethyl adjacent to an activating group) is 1. The van der Waals surface area contributed by atoms with E-state index in [-0.39, 0.29) is 32.2 Å². The van der Waals surface area contributed by atoms with E-state index in [0.717, 1.165) is 83.5 Å². The molecule has 454 valence electrons. The first-order valence-electron chi connectivity index (χ1n) is 32.4. The van der Waals surface area contributed by atoms with Gasteiger partial charge in [0.05, 0.1) is 34.4 Å². The van der Waals surface area contributed by atoms with Crippen molar-refractivity contribution in [3.63, 3.8) is 0 Å². The number of esters is 2. The van der Waals surface area contributed by atoms with Crippen molar-refractivity contribution in [1.29, 1.82) is 0 Å². The largest absolute Gasteiger partial charge is 0.477 e. The van der Waals surface area contributed by atoms with Gasteiger partial charge in [-0.15, -0.1) is 0 Å². The van der Waals surface area contributed by atoms with E-state index in [4.69, 9.17) is 18.9 Å². The van der Waals surface area contributed by atoms with Crippen LogP contribution in [0.15, 0.2) is 97.2 Å². The molecule has 0 aliphatic carbocycles. The fourth-order valence-electron chi connectivity index (χ4n) is 8.87. The molecule has 0 aromatic carbocycles. The van der Waals surface area contributed by atoms with Gasteiger partial charge < -0.3 is 28.5 Å². The number of nitrogens with zero attached hydrogens (tertiary/aromatic N) is 1. The quantitative estimate of drug-likeness (QED) is 0.0211. The number of carboxylic acids is 1. The van der Waals surface area contributed by atoms with Crippen molar-refractivity contribution in [3.8, 4) is 0 Å². The van der Waals surface area contributed by atoms with Gasteiger partial charge in [-0.2, -0.15) is 0 Å². The molecule has 0 saturated heterocycles. The molecule has 0 aromatic heterocycles. The minimum absolute atomic E-state index is 0.184. The van der Waals surface area contributed by atoms with Gasteiger partial charge in [0.25, 0.3) is 6.29 Å². The van der Waals surface area contributed by atoms with E-state index in [1.54, 1.807) is 0 Å². The molecule has 9 nitrogen and oxygen atoms in total. The number of hydrogen-bond donors (Lipinski definition) is 1. The molecule has 0 heterocycles. The van der Waals surface area contributed by atoms with Gasteiger partial charge in [-0.1, -0.05) is 259 Å². The van der Waals surface area contributed by atoms with Crippen molar-refractivity contribution >= 4 is 17.9 Å². The average molecular weight is 1110 g/mol. The number of allylic oxidation sites excluding steroid dienone is 16. The minimum atomic E-state index is -1.52. The highest BCUT2D eigenvalue weighted by molar-refractivity contribution is 5.71. The summed E-state index contributed by atoms with van der Waals surface area (Å²) in [6, 6.07) is 0. The van der Waals surface area contributed by atoms with Crippen LogP contribution in [-0.4, -0.2) is 87.4 Å². The predicted octanol–water partition coefficient (Wildman–Crippen LogP) is 19.7. The third-order valence-electron chi connectivity index (χ3n) is 13.8. The number of aliphatic carboxylic acids is 1. The Morgan fingerprint density at radius 1 is 0.392 bits per heavy atom. The molecular formula is C70H122NO8+. The van der Waals surface area contributed by atoms with E-state index in [0.29, 0.717) is 23.9 Å². The van der Waals surface area contributed by atoms with Gasteiger partial charge in [-0.25, -0.2) is 4.79 Å². The normalized spacial score (nSPS) is 13.4. The summed E-state index contributed by atoms with van der Waals surface area (Å²) in [4.78, 5) is 37.6. The molecule has 0 bridgehead atoms. The lowest BCUT2D eigenvalue weighted by atomic mass is 10.0. The number of carbonyl (C=O) groups excluding carboxylic acids is 2. The Bertz CT molecular complexity index is 1620. The van der Waals surface area contributed by atoms with Crippen LogP contribution in [0, 0.1) is 0 Å². The number of unbranched alkanes of at least 4 members (excludes halogenated alkanes) is 28. The molecule has 2 atom stereocenters. The van der Waals surface area contributed by atoms with Crippen LogP contribution < -0.4 is 0 Å². The minimum Gasteiger partial charge on any atom is -0.477 e. The molecule has 1 N–H and O–H groups in total. The molecule has 0 rings (SSSR count). The number of hydrogen-bond acceptors (Lipinski definition) is 7. The molecule has 0 spiro atoms. The maximum atomic E-state index is 12.9. The van der Waals surface area contributed by atoms with Crippen LogP contribution in [0.25, 0.3) is 0 Å². The summed E-state index contributed by atoms with van der Waals surface area (Å²) in [6.45, 7) is 4.77. The molecule has 0 fully saturated rings. The van der Waals surface area contributed by atoms with Gasteiger partial charge in [0.1, 0.15) is 13.2 Å². The molecule has 0 aliphatic heterocycles. The monoisotopic (exact) mass is 1100 g/mol. The topological polar surface area (TPSA) is 108 Å². The molecule has 0 aromatic rings. The number of carbonyl (C=O) groups is 3. The third kappa shape index (κ3) is 61.7. The second-order valence-electron chi connectivity index (χ2n) is 22.7. The zero-order chi connectivity index (χ0) is 57.6. The van der Waals surface area contributed by atoms with Crippen LogP contribution in [0.5, 0.6) is 0 Å². The molecule has 0 radical (unpaired) electrons. The SMILES string of the molecule is CC/C=C\C/C=C\C/C=C\C/C=C\C/C=C\C/C=C\CCCCCCCCCCCCCCC(=O)OC(COC(=O)CCCCCCCCCCCCC/C=C\C/C=C\CCCCCCC)COC(OCC[N+](C)(C)C)C(=O)O. The highest BCUT2D eigenvalue weighted by Gasteiger charge is 2.25. The van der Waals surface area contributed by atoms with Crippen LogP contribution >= 0.6 is 0 Å². The zero-order valence-electron chi connectivity index (χ0n) is 51.8. The molecule has 0 aliphatic rings. The Morgan fingerprint density at radius 3 is 1.08 bits per heavy atom. The number of carboxylic acid groups (broad SMARTS) is 1. The number of rotatable bonds is 59. The Hall–Kier alpha value is -3.79. The molecular weight excluding hydrogens is 983 g/mol. The maximum absolute atomic E-state index is 12.9. The van der Waals surface area contributed by atoms with Crippen LogP contribution in [-0.2, 0) is 33.3 Å². The average Bonchev–Trinajstić information content (AvgIpc) is 3.42. The first-order valence-corrected chi connectivity index (χ1v) is 32.4. The summed E-state index contributed by atoms with van der Waals surface area (Å²) < 4.78 is 22.9. The maximum Gasteiger partial charge on any atom is 0.361 e. The van der Waals surface area contributed by atoms with E-state index in [9.17, 15) is 19.5 Å². The summed E-state index contributed by atoms with van der Waals surface area (Å²) in [6.07, 6.45) is 79.2. The summed E-state index contributed by atoms with van der Waals surface area (Å²) >= 11 is 0. The van der Waals surface area contributed by atoms with E-state index >= 15 is 0 Å². The van der Waals surface area contributed by atoms with Gasteiger partial charge >= 0.3 is 17.9 Å². The number of ether oxygens (including phenoxy) is 4. The Balaban J connectivity index is 4.19. The highest BCUT2D eigenvalue weighted by atomic mass is 16.7. The zero-order valence-corrected chi connectivity index (χ0v) is 51.8. The van der Waals surface area contributed by atoms with Gasteiger partial charge in [0.2, 0.25) is 0 Å². The second kappa shape index (κ2) is 60.3. The molecule has 9 heteroatoms. The first kappa shape index (κ1) is 75.2. The first-order chi connectivity index (χ1) is 38.6. The summed E-state index contributed by atoms with van der Waals surface area (Å²) in [7, 11) is 5.97. The molecule has 0 saturated carbocycles. The molecule has 79 heavy (non-hydrogen) atoms. The standard InChI is InChI=1S/C70H121NO8/c1-6-8-10-12-14-16-18-20-22-24-26-28-30-31-32-33-34-35-36-37-39-41-43-45-47-49-51-53-55-57-59-61-68(73)79-66(65-78-70(69(74)75)76-63-62-71(3,4)5)64-77-67(72)60-58-56-54-52-50-48-46-44-42-40-38-29-27-25-23-21-19-17-15-13-11-9-7-2/h8,10,14,16,19-22,25-28,31-32,34-35,66,70H,6-7,9,11-13,15,17-18,23-24,29-30,33,36-65H2,1-5H3/p+1/b10-8-,16-14-,21-19-,22-20-,27-25-,28-26-,32-31-,35-34-. The van der Waals surface area contributed by atoms with Gasteiger partial charge in [-0.3, -0.25) is 9.59 Å². The van der Waals surface area contributed by atoms with Gasteiger partial charge in [-0.05, 0) is 96.3 Å². The summed E-state index contributed by atoms with van der Waals surface area (Å²) in [5.41, 5.74) is 0. The smallest absolute Gasteiger partial charge is 0.361 e.